The fourth-order valence-electron chi connectivity index (χ4n) is 4.43. The van der Waals surface area contributed by atoms with Crippen molar-refractivity contribution < 1.29 is 14.1 Å². The van der Waals surface area contributed by atoms with Gasteiger partial charge in [-0.25, -0.2) is 0 Å². The van der Waals surface area contributed by atoms with Crippen molar-refractivity contribution in [3.05, 3.63) is 47.7 Å². The molecule has 2 aromatic heterocycles. The van der Waals surface area contributed by atoms with Crippen LogP contribution in [-0.4, -0.2) is 40.1 Å². The molecule has 7 nitrogen and oxygen atoms in total. The lowest BCUT2D eigenvalue weighted by molar-refractivity contribution is -0.121. The minimum Gasteiger partial charge on any atom is -0.490 e. The number of piperidine rings is 1. The van der Waals surface area contributed by atoms with E-state index in [2.05, 4.69) is 20.4 Å². The maximum atomic E-state index is 12.7. The first-order valence-corrected chi connectivity index (χ1v) is 12.3. The summed E-state index contributed by atoms with van der Waals surface area (Å²) in [4.78, 5) is 20.5. The zero-order chi connectivity index (χ0) is 21.8. The maximum Gasteiger partial charge on any atom is 0.241 e. The van der Waals surface area contributed by atoms with Crippen LogP contribution in [0.4, 0.5) is 5.69 Å². The largest absolute Gasteiger partial charge is 0.490 e. The van der Waals surface area contributed by atoms with Gasteiger partial charge in [0.2, 0.25) is 17.6 Å². The van der Waals surface area contributed by atoms with Gasteiger partial charge >= 0.3 is 0 Å². The van der Waals surface area contributed by atoms with Gasteiger partial charge in [0.05, 0.1) is 17.5 Å². The summed E-state index contributed by atoms with van der Waals surface area (Å²) in [6.07, 6.45) is 6.76. The van der Waals surface area contributed by atoms with Crippen LogP contribution in [0.2, 0.25) is 0 Å². The van der Waals surface area contributed by atoms with E-state index in [-0.39, 0.29) is 11.8 Å². The summed E-state index contributed by atoms with van der Waals surface area (Å²) in [6, 6.07) is 11.7. The van der Waals surface area contributed by atoms with E-state index in [1.165, 1.54) is 12.8 Å². The lowest BCUT2D eigenvalue weighted by atomic mass is 9.96. The Balaban J connectivity index is 1.07. The quantitative estimate of drug-likeness (QED) is 0.545. The predicted octanol–water partition coefficient (Wildman–Crippen LogP) is 4.97. The van der Waals surface area contributed by atoms with Gasteiger partial charge in [0.15, 0.2) is 0 Å². The van der Waals surface area contributed by atoms with Crippen LogP contribution in [0.3, 0.4) is 0 Å². The molecule has 1 amide bonds. The number of benzene rings is 1. The summed E-state index contributed by atoms with van der Waals surface area (Å²) in [6.45, 7) is 2.29. The Morgan fingerprint density at radius 3 is 2.62 bits per heavy atom. The average molecular weight is 453 g/mol. The summed E-state index contributed by atoms with van der Waals surface area (Å²) >= 11 is 1.60. The van der Waals surface area contributed by atoms with E-state index in [9.17, 15) is 4.79 Å². The summed E-state index contributed by atoms with van der Waals surface area (Å²) in [7, 11) is 0. The van der Waals surface area contributed by atoms with E-state index in [0.717, 1.165) is 55.1 Å². The molecule has 1 saturated carbocycles. The molecule has 1 aliphatic heterocycles. The molecule has 3 heterocycles. The van der Waals surface area contributed by atoms with Gasteiger partial charge in [-0.15, -0.1) is 11.3 Å². The zero-order valence-electron chi connectivity index (χ0n) is 18.0. The lowest BCUT2D eigenvalue weighted by Crippen LogP contribution is -2.37. The van der Waals surface area contributed by atoms with E-state index < -0.39 is 0 Å². The van der Waals surface area contributed by atoms with Gasteiger partial charge < -0.3 is 14.6 Å². The van der Waals surface area contributed by atoms with Gasteiger partial charge in [-0.05, 0) is 87.3 Å². The highest BCUT2D eigenvalue weighted by Crippen LogP contribution is 2.26. The van der Waals surface area contributed by atoms with E-state index in [1.807, 2.05) is 41.8 Å². The zero-order valence-corrected chi connectivity index (χ0v) is 18.9. The molecule has 8 heteroatoms. The number of nitrogens with zero attached hydrogens (tertiary/aromatic N) is 3. The number of ether oxygens (including phenoxy) is 1. The number of likely N-dealkylation sites (tertiary alicyclic amines) is 1. The SMILES string of the molecule is O=C(Nc1ccc(OC2CCCC2)cc1)C1CCN(Cc2nc(-c3cccs3)no2)CC1. The molecule has 1 aromatic carbocycles. The van der Waals surface area contributed by atoms with Crippen molar-refractivity contribution in [1.29, 1.82) is 0 Å². The third-order valence-electron chi connectivity index (χ3n) is 6.25. The molecule has 3 aromatic rings. The Hall–Kier alpha value is -2.71. The fraction of sp³-hybridized carbons (Fsp3) is 0.458. The number of thiophene rings is 1. The molecule has 168 valence electrons. The average Bonchev–Trinajstić information content (AvgIpc) is 3.59. The molecule has 0 radical (unpaired) electrons. The van der Waals surface area contributed by atoms with Gasteiger partial charge in [0.25, 0.3) is 0 Å². The Labute approximate surface area is 191 Å². The molecule has 0 bridgehead atoms. The third-order valence-corrected chi connectivity index (χ3v) is 7.12. The standard InChI is InChI=1S/C24H28N4O3S/c29-24(25-18-7-9-20(10-8-18)30-19-4-1-2-5-19)17-11-13-28(14-12-17)16-22-26-23(27-31-22)21-6-3-15-32-21/h3,6-10,15,17,19H,1-2,4-5,11-14,16H2,(H,25,29). The number of nitrogens with one attached hydrogen (secondary N) is 1. The van der Waals surface area contributed by atoms with Crippen molar-refractivity contribution in [2.45, 2.75) is 51.2 Å². The van der Waals surface area contributed by atoms with Crippen LogP contribution in [0.1, 0.15) is 44.4 Å². The number of carbonyl (C=O) groups is 1. The van der Waals surface area contributed by atoms with E-state index in [4.69, 9.17) is 9.26 Å². The molecule has 1 N–H and O–H groups in total. The van der Waals surface area contributed by atoms with Crippen molar-refractivity contribution in [3.63, 3.8) is 0 Å². The molecule has 0 spiro atoms. The second kappa shape index (κ2) is 9.83. The molecule has 32 heavy (non-hydrogen) atoms. The minimum absolute atomic E-state index is 0.0185. The van der Waals surface area contributed by atoms with Gasteiger partial charge in [-0.3, -0.25) is 9.69 Å². The highest BCUT2D eigenvalue weighted by Gasteiger charge is 2.26. The first kappa shape index (κ1) is 21.2. The summed E-state index contributed by atoms with van der Waals surface area (Å²) < 4.78 is 11.4. The van der Waals surface area contributed by atoms with E-state index in [1.54, 1.807) is 11.3 Å². The predicted molar refractivity (Wildman–Crippen MR) is 124 cm³/mol. The van der Waals surface area contributed by atoms with E-state index >= 15 is 0 Å². The third kappa shape index (κ3) is 5.19. The summed E-state index contributed by atoms with van der Waals surface area (Å²) in [5.41, 5.74) is 0.822. The smallest absolute Gasteiger partial charge is 0.241 e. The first-order chi connectivity index (χ1) is 15.7. The monoisotopic (exact) mass is 452 g/mol. The van der Waals surface area contributed by atoms with Crippen molar-refractivity contribution >= 4 is 22.9 Å². The molecule has 1 saturated heterocycles. The second-order valence-corrected chi connectivity index (χ2v) is 9.53. The minimum atomic E-state index is 0.0185. The summed E-state index contributed by atoms with van der Waals surface area (Å²) in [5, 5.41) is 9.14. The highest BCUT2D eigenvalue weighted by molar-refractivity contribution is 7.13. The number of hydrogen-bond acceptors (Lipinski definition) is 7. The van der Waals surface area contributed by atoms with Crippen LogP contribution in [0, 0.1) is 5.92 Å². The van der Waals surface area contributed by atoms with Crippen LogP contribution in [-0.2, 0) is 11.3 Å². The fourth-order valence-corrected chi connectivity index (χ4v) is 5.08. The van der Waals surface area contributed by atoms with Crippen molar-refractivity contribution in [1.82, 2.24) is 15.0 Å². The molecular formula is C24H28N4O3S. The molecular weight excluding hydrogens is 424 g/mol. The molecule has 0 atom stereocenters. The number of anilines is 1. The van der Waals surface area contributed by atoms with Crippen LogP contribution in [0.15, 0.2) is 46.3 Å². The molecule has 5 rings (SSSR count). The Morgan fingerprint density at radius 2 is 1.91 bits per heavy atom. The lowest BCUT2D eigenvalue weighted by Gasteiger charge is -2.30. The van der Waals surface area contributed by atoms with Crippen LogP contribution < -0.4 is 10.1 Å². The Kier molecular flexibility index (Phi) is 6.50. The highest BCUT2D eigenvalue weighted by atomic mass is 32.1. The van der Waals surface area contributed by atoms with Crippen LogP contribution in [0.25, 0.3) is 10.7 Å². The summed E-state index contributed by atoms with van der Waals surface area (Å²) in [5.74, 6) is 2.25. The normalized spacial score (nSPS) is 18.1. The number of carbonyl (C=O) groups excluding carboxylic acids is 1. The van der Waals surface area contributed by atoms with Crippen molar-refractivity contribution in [2.24, 2.45) is 5.92 Å². The van der Waals surface area contributed by atoms with Crippen LogP contribution >= 0.6 is 11.3 Å². The Morgan fingerprint density at radius 1 is 1.12 bits per heavy atom. The topological polar surface area (TPSA) is 80.5 Å². The number of hydrogen-bond donors (Lipinski definition) is 1. The number of amides is 1. The van der Waals surface area contributed by atoms with Gasteiger partial charge in [-0.1, -0.05) is 11.2 Å². The van der Waals surface area contributed by atoms with Gasteiger partial charge in [0.1, 0.15) is 5.75 Å². The number of aromatic nitrogens is 2. The second-order valence-electron chi connectivity index (χ2n) is 8.58. The number of rotatable bonds is 7. The van der Waals surface area contributed by atoms with Crippen molar-refractivity contribution in [3.8, 4) is 16.5 Å². The molecule has 2 aliphatic rings. The van der Waals surface area contributed by atoms with Gasteiger partial charge in [-0.2, -0.15) is 4.98 Å². The van der Waals surface area contributed by atoms with E-state index in [0.29, 0.717) is 24.4 Å². The molecule has 0 unspecified atom stereocenters. The maximum absolute atomic E-state index is 12.7. The molecule has 1 aliphatic carbocycles. The first-order valence-electron chi connectivity index (χ1n) is 11.4. The van der Waals surface area contributed by atoms with Gasteiger partial charge in [0, 0.05) is 11.6 Å². The van der Waals surface area contributed by atoms with Crippen molar-refractivity contribution in [2.75, 3.05) is 18.4 Å². The molecule has 2 fully saturated rings. The Bertz CT molecular complexity index is 1000. The van der Waals surface area contributed by atoms with Crippen LogP contribution in [0.5, 0.6) is 5.75 Å².